The standard InChI is InChI=1S/C26H31N3O6/c1-3-35-26(31)28(24-19-22(29(32)33)11-12-23(24)25(30)34-2)16-8-7-15-27-17-13-21(14-18-27)20-9-5-4-6-10-20/h4-6,9-13,19H,3,7-8,14-18H2,1-2H3. The lowest BCUT2D eigenvalue weighted by Crippen LogP contribution is -2.35. The largest absolute Gasteiger partial charge is 0.465 e. The summed E-state index contributed by atoms with van der Waals surface area (Å²) in [7, 11) is 1.22. The molecule has 0 spiro atoms. The molecule has 0 unspecified atom stereocenters. The molecule has 1 aliphatic heterocycles. The summed E-state index contributed by atoms with van der Waals surface area (Å²) >= 11 is 0. The molecular formula is C26H31N3O6. The lowest BCUT2D eigenvalue weighted by molar-refractivity contribution is -0.384. The van der Waals surface area contributed by atoms with E-state index in [4.69, 9.17) is 9.47 Å². The van der Waals surface area contributed by atoms with Crippen LogP contribution in [0, 0.1) is 10.1 Å². The summed E-state index contributed by atoms with van der Waals surface area (Å²) in [5.41, 5.74) is 2.57. The third-order valence-electron chi connectivity index (χ3n) is 5.92. The van der Waals surface area contributed by atoms with Crippen LogP contribution in [0.1, 0.15) is 42.1 Å². The van der Waals surface area contributed by atoms with Gasteiger partial charge in [-0.25, -0.2) is 9.59 Å². The van der Waals surface area contributed by atoms with E-state index in [-0.39, 0.29) is 30.1 Å². The number of carbonyl (C=O) groups is 2. The van der Waals surface area contributed by atoms with E-state index in [1.165, 1.54) is 41.3 Å². The SMILES string of the molecule is CCOC(=O)N(CCCCN1CC=C(c2ccccc2)CC1)c1cc([N+](=O)[O-])ccc1C(=O)OC. The molecule has 1 heterocycles. The maximum atomic E-state index is 12.7. The average Bonchev–Trinajstić information content (AvgIpc) is 2.89. The number of amides is 1. The maximum absolute atomic E-state index is 12.7. The van der Waals surface area contributed by atoms with Crippen LogP contribution >= 0.6 is 0 Å². The van der Waals surface area contributed by atoms with Gasteiger partial charge in [0.15, 0.2) is 0 Å². The first-order valence-corrected chi connectivity index (χ1v) is 11.7. The Labute approximate surface area is 205 Å². The second-order valence-corrected chi connectivity index (χ2v) is 8.15. The van der Waals surface area contributed by atoms with E-state index >= 15 is 0 Å². The van der Waals surface area contributed by atoms with Gasteiger partial charge in [-0.1, -0.05) is 36.4 Å². The van der Waals surface area contributed by atoms with Crippen LogP contribution in [0.25, 0.3) is 5.57 Å². The Morgan fingerprint density at radius 2 is 1.91 bits per heavy atom. The number of hydrogen-bond donors (Lipinski definition) is 0. The fourth-order valence-electron chi connectivity index (χ4n) is 4.09. The van der Waals surface area contributed by atoms with Crippen molar-refractivity contribution in [3.8, 4) is 0 Å². The number of rotatable bonds is 10. The number of nitro groups is 1. The first kappa shape index (κ1) is 25.9. The number of esters is 1. The Balaban J connectivity index is 1.65. The van der Waals surface area contributed by atoms with Gasteiger partial charge in [-0.15, -0.1) is 0 Å². The molecule has 186 valence electrons. The van der Waals surface area contributed by atoms with Gasteiger partial charge in [0.1, 0.15) is 0 Å². The highest BCUT2D eigenvalue weighted by Crippen LogP contribution is 2.28. The first-order valence-electron chi connectivity index (χ1n) is 11.7. The molecule has 3 rings (SSSR count). The number of anilines is 1. The molecular weight excluding hydrogens is 450 g/mol. The Bertz CT molecular complexity index is 1070. The molecule has 0 N–H and O–H groups in total. The van der Waals surface area contributed by atoms with Crippen molar-refractivity contribution in [1.29, 1.82) is 0 Å². The minimum atomic E-state index is -0.682. The van der Waals surface area contributed by atoms with Crippen molar-refractivity contribution in [2.75, 3.05) is 44.8 Å². The number of ether oxygens (including phenoxy) is 2. The fraction of sp³-hybridized carbons (Fsp3) is 0.385. The van der Waals surface area contributed by atoms with Gasteiger partial charge in [0.2, 0.25) is 0 Å². The van der Waals surface area contributed by atoms with Crippen LogP contribution in [0.3, 0.4) is 0 Å². The van der Waals surface area contributed by atoms with Gasteiger partial charge >= 0.3 is 12.1 Å². The molecule has 0 saturated heterocycles. The van der Waals surface area contributed by atoms with E-state index in [1.54, 1.807) is 6.92 Å². The molecule has 9 nitrogen and oxygen atoms in total. The maximum Gasteiger partial charge on any atom is 0.414 e. The highest BCUT2D eigenvalue weighted by molar-refractivity contribution is 6.01. The van der Waals surface area contributed by atoms with Crippen LogP contribution in [0.15, 0.2) is 54.6 Å². The van der Waals surface area contributed by atoms with Crippen LogP contribution < -0.4 is 4.90 Å². The Morgan fingerprint density at radius 3 is 2.54 bits per heavy atom. The molecule has 9 heteroatoms. The topological polar surface area (TPSA) is 102 Å². The lowest BCUT2D eigenvalue weighted by Gasteiger charge is -2.27. The van der Waals surface area contributed by atoms with Crippen molar-refractivity contribution in [1.82, 2.24) is 4.90 Å². The quantitative estimate of drug-likeness (QED) is 0.205. The summed E-state index contributed by atoms with van der Waals surface area (Å²) in [5, 5.41) is 11.3. The highest BCUT2D eigenvalue weighted by atomic mass is 16.6. The van der Waals surface area contributed by atoms with Crippen molar-refractivity contribution >= 4 is 29.0 Å². The number of non-ortho nitro benzene ring substituents is 1. The number of hydrogen-bond acceptors (Lipinski definition) is 7. The fourth-order valence-corrected chi connectivity index (χ4v) is 4.09. The number of benzene rings is 2. The van der Waals surface area contributed by atoms with Gasteiger partial charge in [0, 0.05) is 31.8 Å². The molecule has 0 radical (unpaired) electrons. The molecule has 0 aliphatic carbocycles. The minimum absolute atomic E-state index is 0.0702. The number of carbonyl (C=O) groups excluding carboxylic acids is 2. The van der Waals surface area contributed by atoms with E-state index in [9.17, 15) is 19.7 Å². The smallest absolute Gasteiger partial charge is 0.414 e. The highest BCUT2D eigenvalue weighted by Gasteiger charge is 2.26. The van der Waals surface area contributed by atoms with Crippen molar-refractivity contribution < 1.29 is 24.0 Å². The zero-order chi connectivity index (χ0) is 25.2. The molecule has 1 amide bonds. The first-order chi connectivity index (χ1) is 16.9. The Morgan fingerprint density at radius 1 is 1.14 bits per heavy atom. The van der Waals surface area contributed by atoms with Gasteiger partial charge < -0.3 is 9.47 Å². The molecule has 0 aromatic heterocycles. The van der Waals surface area contributed by atoms with Crippen molar-refractivity contribution in [3.05, 3.63) is 75.8 Å². The van der Waals surface area contributed by atoms with Gasteiger partial charge in [-0.2, -0.15) is 0 Å². The molecule has 2 aromatic rings. The van der Waals surface area contributed by atoms with Gasteiger partial charge in [-0.3, -0.25) is 19.9 Å². The second kappa shape index (κ2) is 12.7. The Kier molecular flexibility index (Phi) is 9.37. The summed E-state index contributed by atoms with van der Waals surface area (Å²) in [6, 6.07) is 14.1. The van der Waals surface area contributed by atoms with E-state index in [0.717, 1.165) is 32.5 Å². The normalized spacial score (nSPS) is 13.6. The van der Waals surface area contributed by atoms with E-state index < -0.39 is 17.0 Å². The molecule has 0 saturated carbocycles. The van der Waals surface area contributed by atoms with E-state index in [1.807, 2.05) is 18.2 Å². The Hall–Kier alpha value is -3.72. The van der Waals surface area contributed by atoms with E-state index in [2.05, 4.69) is 23.1 Å². The minimum Gasteiger partial charge on any atom is -0.465 e. The zero-order valence-electron chi connectivity index (χ0n) is 20.1. The molecule has 35 heavy (non-hydrogen) atoms. The van der Waals surface area contributed by atoms with Crippen molar-refractivity contribution in [2.24, 2.45) is 0 Å². The third kappa shape index (κ3) is 6.89. The van der Waals surface area contributed by atoms with Crippen LogP contribution in [-0.4, -0.2) is 61.8 Å². The number of nitrogens with zero attached hydrogens (tertiary/aromatic N) is 3. The predicted octanol–water partition coefficient (Wildman–Crippen LogP) is 4.91. The van der Waals surface area contributed by atoms with Crippen LogP contribution in [-0.2, 0) is 9.47 Å². The number of unbranched alkanes of at least 4 members (excludes halogenated alkanes) is 1. The summed E-state index contributed by atoms with van der Waals surface area (Å²) in [6.45, 7) is 4.75. The molecule has 0 fully saturated rings. The van der Waals surface area contributed by atoms with Crippen LogP contribution in [0.2, 0.25) is 0 Å². The number of methoxy groups -OCH3 is 1. The molecule has 0 atom stereocenters. The summed E-state index contributed by atoms with van der Waals surface area (Å²) in [5.74, 6) is -0.682. The summed E-state index contributed by atoms with van der Waals surface area (Å²) < 4.78 is 9.99. The van der Waals surface area contributed by atoms with Crippen LogP contribution in [0.5, 0.6) is 0 Å². The predicted molar refractivity (Wildman–Crippen MR) is 134 cm³/mol. The molecule has 0 bridgehead atoms. The zero-order valence-corrected chi connectivity index (χ0v) is 20.1. The van der Waals surface area contributed by atoms with E-state index in [0.29, 0.717) is 6.42 Å². The van der Waals surface area contributed by atoms with Crippen LogP contribution in [0.4, 0.5) is 16.2 Å². The van der Waals surface area contributed by atoms with Crippen molar-refractivity contribution in [2.45, 2.75) is 26.2 Å². The monoisotopic (exact) mass is 481 g/mol. The van der Waals surface area contributed by atoms with Gasteiger partial charge in [0.25, 0.3) is 5.69 Å². The summed E-state index contributed by atoms with van der Waals surface area (Å²) in [4.78, 5) is 39.4. The third-order valence-corrected chi connectivity index (χ3v) is 5.92. The molecule has 1 aliphatic rings. The summed E-state index contributed by atoms with van der Waals surface area (Å²) in [6.07, 6.45) is 4.03. The second-order valence-electron chi connectivity index (χ2n) is 8.15. The lowest BCUT2D eigenvalue weighted by atomic mass is 9.99. The van der Waals surface area contributed by atoms with Gasteiger partial charge in [0.05, 0.1) is 29.9 Å². The average molecular weight is 482 g/mol. The number of nitro benzene ring substituents is 1. The molecule has 2 aromatic carbocycles. The van der Waals surface area contributed by atoms with Gasteiger partial charge in [-0.05, 0) is 49.9 Å². The van der Waals surface area contributed by atoms with Crippen molar-refractivity contribution in [3.63, 3.8) is 0 Å².